The van der Waals surface area contributed by atoms with Gasteiger partial charge in [-0.1, -0.05) is 6.58 Å². The van der Waals surface area contributed by atoms with Crippen LogP contribution in [0.15, 0.2) is 36.4 Å². The zero-order valence-electron chi connectivity index (χ0n) is 16.5. The summed E-state index contributed by atoms with van der Waals surface area (Å²) in [6, 6.07) is 8.25. The van der Waals surface area contributed by atoms with Gasteiger partial charge in [-0.15, -0.1) is 0 Å². The van der Waals surface area contributed by atoms with Crippen molar-refractivity contribution in [2.75, 3.05) is 30.9 Å². The van der Waals surface area contributed by atoms with E-state index in [0.717, 1.165) is 17.3 Å². The number of carbonyl (C=O) groups is 2. The van der Waals surface area contributed by atoms with Crippen LogP contribution in [0.5, 0.6) is 0 Å². The molecule has 1 aromatic rings. The van der Waals surface area contributed by atoms with E-state index in [0.29, 0.717) is 17.9 Å². The first-order chi connectivity index (χ1) is 13.7. The van der Waals surface area contributed by atoms with Crippen LogP contribution < -0.4 is 0 Å². The molecule has 0 aromatic heterocycles. The molecule has 3 N–H and O–H groups in total. The van der Waals surface area contributed by atoms with Crippen LogP contribution in [0, 0.1) is 0 Å². The maximum atomic E-state index is 11.4. The van der Waals surface area contributed by atoms with E-state index >= 15 is 0 Å². The Balaban J connectivity index is 2.11. The fourth-order valence-electron chi connectivity index (χ4n) is 1.98. The van der Waals surface area contributed by atoms with Crippen molar-refractivity contribution in [2.24, 2.45) is 0 Å². The number of rotatable bonds is 14. The first-order valence-corrected chi connectivity index (χ1v) is 13.4. The van der Waals surface area contributed by atoms with Crippen LogP contribution in [0.25, 0.3) is 0 Å². The molecule has 7 nitrogen and oxygen atoms in total. The van der Waals surface area contributed by atoms with Crippen LogP contribution in [0.4, 0.5) is 0 Å². The van der Waals surface area contributed by atoms with Gasteiger partial charge in [0, 0.05) is 17.1 Å². The van der Waals surface area contributed by atoms with Crippen LogP contribution in [0.3, 0.4) is 0 Å². The molecule has 164 valence electrons. The van der Waals surface area contributed by atoms with Crippen molar-refractivity contribution >= 4 is 43.4 Å². The summed E-state index contributed by atoms with van der Waals surface area (Å²) in [6.45, 7) is 5.78. The van der Waals surface area contributed by atoms with Gasteiger partial charge in [-0.3, -0.25) is 0 Å². The summed E-state index contributed by atoms with van der Waals surface area (Å²) >= 11 is 3.32. The first-order valence-electron chi connectivity index (χ1n) is 9.06. The number of ether oxygens (including phenoxy) is 2. The zero-order chi connectivity index (χ0) is 21.7. The molecule has 0 aliphatic rings. The zero-order valence-corrected chi connectivity index (χ0v) is 19.1. The molecular formula is C19H29O7PS2. The molecule has 0 radical (unpaired) electrons. The van der Waals surface area contributed by atoms with E-state index in [1.165, 1.54) is 11.1 Å². The fraction of sp³-hybridized carbons (Fsp3) is 0.474. The predicted molar refractivity (Wildman–Crippen MR) is 120 cm³/mol. The van der Waals surface area contributed by atoms with Crippen molar-refractivity contribution < 1.29 is 33.7 Å². The molecule has 29 heavy (non-hydrogen) atoms. The van der Waals surface area contributed by atoms with E-state index in [-0.39, 0.29) is 25.2 Å². The molecule has 1 rings (SSSR count). The molecule has 0 unspecified atom stereocenters. The number of esters is 2. The minimum atomic E-state index is -4.18. The minimum absolute atomic E-state index is 0.198. The van der Waals surface area contributed by atoms with E-state index in [1.807, 2.05) is 0 Å². The molecule has 0 atom stereocenters. The van der Waals surface area contributed by atoms with Crippen LogP contribution in [0.2, 0.25) is 0 Å². The molecule has 1 aromatic carbocycles. The van der Waals surface area contributed by atoms with Crippen molar-refractivity contribution in [3.63, 3.8) is 0 Å². The topological polar surface area (TPSA) is 113 Å². The van der Waals surface area contributed by atoms with Crippen LogP contribution in [0.1, 0.15) is 24.5 Å². The van der Waals surface area contributed by atoms with Crippen LogP contribution >= 0.6 is 31.5 Å². The van der Waals surface area contributed by atoms with E-state index in [1.54, 1.807) is 30.4 Å². The summed E-state index contributed by atoms with van der Waals surface area (Å²) < 4.78 is 10.0. The number of thioether (sulfide) groups is 2. The molecule has 0 amide bonds. The summed E-state index contributed by atoms with van der Waals surface area (Å²) in [6.07, 6.45) is -0.542. The number of hydrogen-bond donors (Lipinski definition) is 3. The summed E-state index contributed by atoms with van der Waals surface area (Å²) in [5, 5.41) is 0. The Labute approximate surface area is 180 Å². The van der Waals surface area contributed by atoms with Crippen LogP contribution in [-0.4, -0.2) is 57.5 Å². The van der Waals surface area contributed by atoms with Crippen LogP contribution in [-0.2, 0) is 30.6 Å². The third-order valence-electron chi connectivity index (χ3n) is 3.52. The van der Waals surface area contributed by atoms with Gasteiger partial charge in [-0.05, 0) is 6.92 Å². The van der Waals surface area contributed by atoms with Crippen molar-refractivity contribution in [2.45, 2.75) is 24.9 Å². The van der Waals surface area contributed by atoms with Crippen molar-refractivity contribution in [1.82, 2.24) is 0 Å². The van der Waals surface area contributed by atoms with E-state index in [4.69, 9.17) is 24.2 Å². The molecule has 0 aliphatic carbocycles. The van der Waals surface area contributed by atoms with E-state index in [2.05, 4.69) is 30.8 Å². The number of benzene rings is 1. The Morgan fingerprint density at radius 2 is 1.45 bits per heavy atom. The van der Waals surface area contributed by atoms with E-state index in [9.17, 15) is 9.59 Å². The number of carbonyl (C=O) groups excluding carboxylic acids is 2. The standard InChI is InChI=1S/C19H29O7PS2/c1-15(2)19(21)26-9-12-29-14-17-5-3-16(4-6-17)13-28-11-8-25-18(20)7-10-27(22,23)24/h3-6,22-24,27H,1,7-14H2,2H3. The molecule has 0 saturated heterocycles. The summed E-state index contributed by atoms with van der Waals surface area (Å²) in [5.74, 6) is 2.09. The maximum absolute atomic E-state index is 11.4. The Hall–Kier alpha value is -1.09. The van der Waals surface area contributed by atoms with Gasteiger partial charge in [0.15, 0.2) is 0 Å². The molecule has 0 bridgehead atoms. The molecule has 0 saturated carbocycles. The Bertz CT molecular complexity index is 660. The summed E-state index contributed by atoms with van der Waals surface area (Å²) in [7, 11) is -4.18. The predicted octanol–water partition coefficient (Wildman–Crippen LogP) is 2.68. The Morgan fingerprint density at radius 1 is 0.966 bits per heavy atom. The van der Waals surface area contributed by atoms with E-state index < -0.39 is 13.9 Å². The first kappa shape index (κ1) is 25.9. The molecule has 0 fully saturated rings. The second-order valence-corrected chi connectivity index (χ2v) is 10.6. The normalized spacial score (nSPS) is 11.7. The molecule has 0 heterocycles. The Morgan fingerprint density at radius 3 is 1.90 bits per heavy atom. The molecular weight excluding hydrogens is 435 g/mol. The summed E-state index contributed by atoms with van der Waals surface area (Å²) in [4.78, 5) is 49.2. The van der Waals surface area contributed by atoms with Gasteiger partial charge in [0.05, 0.1) is 0 Å². The molecule has 0 aliphatic heterocycles. The van der Waals surface area contributed by atoms with Crippen molar-refractivity contribution in [1.29, 1.82) is 0 Å². The third kappa shape index (κ3) is 13.7. The van der Waals surface area contributed by atoms with Gasteiger partial charge >= 0.3 is 122 Å². The molecule has 0 spiro atoms. The monoisotopic (exact) mass is 464 g/mol. The average Bonchev–Trinajstić information content (AvgIpc) is 2.66. The second-order valence-electron chi connectivity index (χ2n) is 6.33. The average molecular weight is 465 g/mol. The van der Waals surface area contributed by atoms with Crippen molar-refractivity contribution in [3.05, 3.63) is 47.5 Å². The van der Waals surface area contributed by atoms with Gasteiger partial charge < -0.3 is 4.74 Å². The Kier molecular flexibility index (Phi) is 12.5. The fourth-order valence-corrected chi connectivity index (χ4v) is 4.07. The van der Waals surface area contributed by atoms with Gasteiger partial charge in [-0.2, -0.15) is 11.8 Å². The summed E-state index contributed by atoms with van der Waals surface area (Å²) in [5.41, 5.74) is 2.77. The quantitative estimate of drug-likeness (QED) is 0.165. The van der Waals surface area contributed by atoms with Gasteiger partial charge in [0.25, 0.3) is 0 Å². The SMILES string of the molecule is C=C(C)C(=O)OCCSCc1ccc(CSCCOC(=O)CC[PH](O)(O)O)cc1. The number of hydrogen-bond acceptors (Lipinski definition) is 9. The van der Waals surface area contributed by atoms with Gasteiger partial charge in [0.1, 0.15) is 6.61 Å². The van der Waals surface area contributed by atoms with Gasteiger partial charge in [0.2, 0.25) is 0 Å². The second kappa shape index (κ2) is 14.0. The molecule has 10 heteroatoms. The van der Waals surface area contributed by atoms with Crippen molar-refractivity contribution in [3.8, 4) is 0 Å². The van der Waals surface area contributed by atoms with Gasteiger partial charge in [-0.25, -0.2) is 4.79 Å². The third-order valence-corrected chi connectivity index (χ3v) is 6.43.